The molecule has 4 nitrogen and oxygen atoms in total. The number of aliphatic hydroxyl groups excluding tert-OH is 1. The number of carbonyl (C=O) groups excluding carboxylic acids is 1. The minimum atomic E-state index is -0.325. The lowest BCUT2D eigenvalue weighted by molar-refractivity contribution is -0.150. The van der Waals surface area contributed by atoms with E-state index in [1.165, 1.54) is 7.11 Å². The fourth-order valence-corrected chi connectivity index (χ4v) is 2.25. The third-order valence-corrected chi connectivity index (χ3v) is 3.36. The molecule has 2 aliphatic rings. The van der Waals surface area contributed by atoms with Crippen LogP contribution in [-0.4, -0.2) is 47.8 Å². The van der Waals surface area contributed by atoms with E-state index in [2.05, 4.69) is 4.90 Å². The zero-order chi connectivity index (χ0) is 12.2. The Balaban J connectivity index is 0.000000606. The van der Waals surface area contributed by atoms with Crippen molar-refractivity contribution >= 4 is 5.97 Å². The van der Waals surface area contributed by atoms with Crippen LogP contribution in [0, 0.1) is 0 Å². The SMILES string of the molecule is CC.COC(=O)C1(N2CCC(O)CC2)CC1. The molecule has 2 fully saturated rings. The number of aliphatic hydroxyl groups is 1. The van der Waals surface area contributed by atoms with Crippen molar-refractivity contribution in [3.63, 3.8) is 0 Å². The van der Waals surface area contributed by atoms with Crippen LogP contribution in [0.25, 0.3) is 0 Å². The van der Waals surface area contributed by atoms with Crippen molar-refractivity contribution < 1.29 is 14.6 Å². The van der Waals surface area contributed by atoms with E-state index in [1.54, 1.807) is 0 Å². The van der Waals surface area contributed by atoms with E-state index in [1.807, 2.05) is 13.8 Å². The normalized spacial score (nSPS) is 24.2. The van der Waals surface area contributed by atoms with Gasteiger partial charge in [-0.1, -0.05) is 13.8 Å². The van der Waals surface area contributed by atoms with Crippen LogP contribution in [-0.2, 0) is 9.53 Å². The smallest absolute Gasteiger partial charge is 0.326 e. The molecule has 0 unspecified atom stereocenters. The summed E-state index contributed by atoms with van der Waals surface area (Å²) in [6, 6.07) is 0. The quantitative estimate of drug-likeness (QED) is 0.722. The molecule has 4 heteroatoms. The topological polar surface area (TPSA) is 49.8 Å². The van der Waals surface area contributed by atoms with E-state index in [-0.39, 0.29) is 17.6 Å². The summed E-state index contributed by atoms with van der Waals surface area (Å²) in [6.45, 7) is 5.63. The van der Waals surface area contributed by atoms with Gasteiger partial charge in [-0.15, -0.1) is 0 Å². The van der Waals surface area contributed by atoms with Gasteiger partial charge in [-0.3, -0.25) is 9.69 Å². The van der Waals surface area contributed by atoms with Crippen molar-refractivity contribution in [1.82, 2.24) is 4.90 Å². The summed E-state index contributed by atoms with van der Waals surface area (Å²) < 4.78 is 4.81. The minimum Gasteiger partial charge on any atom is -0.468 e. The van der Waals surface area contributed by atoms with E-state index in [0.717, 1.165) is 38.8 Å². The number of hydrogen-bond donors (Lipinski definition) is 1. The Kier molecular flexibility index (Phi) is 4.74. The number of rotatable bonds is 2. The Morgan fingerprint density at radius 3 is 2.19 bits per heavy atom. The fraction of sp³-hybridized carbons (Fsp3) is 0.917. The second-order valence-electron chi connectivity index (χ2n) is 4.24. The number of esters is 1. The van der Waals surface area contributed by atoms with Crippen LogP contribution in [0.2, 0.25) is 0 Å². The standard InChI is InChI=1S/C10H17NO3.C2H6/c1-14-9(13)10(4-5-10)11-6-2-8(12)3-7-11;1-2/h8,12H,2-7H2,1H3;1-2H3. The number of carbonyl (C=O) groups is 1. The van der Waals surface area contributed by atoms with Gasteiger partial charge >= 0.3 is 5.97 Å². The molecule has 2 rings (SSSR count). The van der Waals surface area contributed by atoms with Gasteiger partial charge in [0.1, 0.15) is 5.54 Å². The van der Waals surface area contributed by atoms with E-state index < -0.39 is 0 Å². The summed E-state index contributed by atoms with van der Waals surface area (Å²) in [5, 5.41) is 9.37. The van der Waals surface area contributed by atoms with Crippen molar-refractivity contribution in [3.8, 4) is 0 Å². The summed E-state index contributed by atoms with van der Waals surface area (Å²) in [7, 11) is 1.45. The van der Waals surface area contributed by atoms with Crippen LogP contribution < -0.4 is 0 Å². The van der Waals surface area contributed by atoms with Gasteiger partial charge in [0.15, 0.2) is 0 Å². The first kappa shape index (κ1) is 13.5. The third kappa shape index (κ3) is 2.55. The average Bonchev–Trinajstić information content (AvgIpc) is 3.13. The van der Waals surface area contributed by atoms with Crippen LogP contribution in [0.15, 0.2) is 0 Å². The molecule has 0 bridgehead atoms. The Hall–Kier alpha value is -0.610. The summed E-state index contributed by atoms with van der Waals surface area (Å²) >= 11 is 0. The van der Waals surface area contributed by atoms with Crippen molar-refractivity contribution in [3.05, 3.63) is 0 Å². The zero-order valence-corrected chi connectivity index (χ0v) is 10.5. The molecule has 1 aliphatic carbocycles. The molecule has 0 aromatic carbocycles. The summed E-state index contributed by atoms with van der Waals surface area (Å²) in [5.41, 5.74) is -0.325. The first-order valence-corrected chi connectivity index (χ1v) is 6.20. The van der Waals surface area contributed by atoms with Crippen LogP contribution in [0.1, 0.15) is 39.5 Å². The molecule has 0 amide bonds. The second kappa shape index (κ2) is 5.64. The van der Waals surface area contributed by atoms with Gasteiger partial charge < -0.3 is 9.84 Å². The number of likely N-dealkylation sites (tertiary alicyclic amines) is 1. The molecule has 0 atom stereocenters. The molecular formula is C12H23NO3. The maximum Gasteiger partial charge on any atom is 0.326 e. The molecule has 16 heavy (non-hydrogen) atoms. The number of methoxy groups -OCH3 is 1. The average molecular weight is 229 g/mol. The second-order valence-corrected chi connectivity index (χ2v) is 4.24. The molecule has 0 aromatic heterocycles. The molecule has 0 aromatic rings. The van der Waals surface area contributed by atoms with Crippen molar-refractivity contribution in [2.75, 3.05) is 20.2 Å². The molecule has 0 radical (unpaired) electrons. The molecule has 1 heterocycles. The number of hydrogen-bond acceptors (Lipinski definition) is 4. The summed E-state index contributed by atoms with van der Waals surface area (Å²) in [4.78, 5) is 13.7. The maximum absolute atomic E-state index is 11.6. The Morgan fingerprint density at radius 1 is 1.31 bits per heavy atom. The first-order valence-electron chi connectivity index (χ1n) is 6.20. The fourth-order valence-electron chi connectivity index (χ4n) is 2.25. The van der Waals surface area contributed by atoms with Crippen molar-refractivity contribution in [2.45, 2.75) is 51.2 Å². The molecule has 94 valence electrons. The van der Waals surface area contributed by atoms with E-state index in [9.17, 15) is 9.90 Å². The Labute approximate surface area is 97.6 Å². The van der Waals surface area contributed by atoms with E-state index >= 15 is 0 Å². The Morgan fingerprint density at radius 2 is 1.81 bits per heavy atom. The molecular weight excluding hydrogens is 206 g/mol. The highest BCUT2D eigenvalue weighted by molar-refractivity contribution is 5.84. The van der Waals surface area contributed by atoms with Gasteiger partial charge in [0, 0.05) is 13.1 Å². The minimum absolute atomic E-state index is 0.103. The number of ether oxygens (including phenoxy) is 1. The van der Waals surface area contributed by atoms with Crippen molar-refractivity contribution in [2.24, 2.45) is 0 Å². The molecule has 1 N–H and O–H groups in total. The van der Waals surface area contributed by atoms with Gasteiger partial charge in [0.2, 0.25) is 0 Å². The van der Waals surface area contributed by atoms with E-state index in [0.29, 0.717) is 0 Å². The van der Waals surface area contributed by atoms with Crippen LogP contribution in [0.3, 0.4) is 0 Å². The third-order valence-electron chi connectivity index (χ3n) is 3.36. The lowest BCUT2D eigenvalue weighted by Crippen LogP contribution is -2.49. The van der Waals surface area contributed by atoms with Gasteiger partial charge in [-0.25, -0.2) is 0 Å². The van der Waals surface area contributed by atoms with Crippen molar-refractivity contribution in [1.29, 1.82) is 0 Å². The van der Waals surface area contributed by atoms with Crippen LogP contribution in [0.5, 0.6) is 0 Å². The predicted molar refractivity (Wildman–Crippen MR) is 62.1 cm³/mol. The monoisotopic (exact) mass is 229 g/mol. The largest absolute Gasteiger partial charge is 0.468 e. The van der Waals surface area contributed by atoms with Crippen LogP contribution in [0.4, 0.5) is 0 Å². The number of nitrogens with zero attached hydrogens (tertiary/aromatic N) is 1. The lowest BCUT2D eigenvalue weighted by atomic mass is 10.0. The van der Waals surface area contributed by atoms with Crippen LogP contribution >= 0.6 is 0 Å². The predicted octanol–water partition coefficient (Wildman–Crippen LogP) is 1.17. The highest BCUT2D eigenvalue weighted by Crippen LogP contribution is 2.43. The Bertz CT molecular complexity index is 230. The zero-order valence-electron chi connectivity index (χ0n) is 10.5. The molecule has 1 saturated heterocycles. The number of piperidine rings is 1. The van der Waals surface area contributed by atoms with Gasteiger partial charge in [-0.05, 0) is 25.7 Å². The molecule has 0 spiro atoms. The molecule has 1 saturated carbocycles. The summed E-state index contributed by atoms with van der Waals surface area (Å²) in [6.07, 6.45) is 3.20. The van der Waals surface area contributed by atoms with E-state index in [4.69, 9.17) is 4.74 Å². The van der Waals surface area contributed by atoms with Gasteiger partial charge in [0.05, 0.1) is 13.2 Å². The van der Waals surface area contributed by atoms with Gasteiger partial charge in [-0.2, -0.15) is 0 Å². The highest BCUT2D eigenvalue weighted by Gasteiger charge is 2.55. The van der Waals surface area contributed by atoms with Gasteiger partial charge in [0.25, 0.3) is 0 Å². The lowest BCUT2D eigenvalue weighted by Gasteiger charge is -2.34. The highest BCUT2D eigenvalue weighted by atomic mass is 16.5. The summed E-state index contributed by atoms with van der Waals surface area (Å²) in [5.74, 6) is -0.103. The maximum atomic E-state index is 11.6. The first-order chi connectivity index (χ1) is 7.69. The molecule has 1 aliphatic heterocycles.